The Kier molecular flexibility index (Phi) is 5.05. The number of ether oxygens (including phenoxy) is 2. The molecule has 8 heteroatoms. The highest BCUT2D eigenvalue weighted by atomic mass is 16.6. The largest absolute Gasteiger partial charge is 0.480 e. The highest BCUT2D eigenvalue weighted by Gasteiger charge is 2.55. The van der Waals surface area contributed by atoms with Crippen molar-refractivity contribution in [2.75, 3.05) is 6.54 Å². The van der Waals surface area contributed by atoms with E-state index in [0.29, 0.717) is 6.42 Å². The van der Waals surface area contributed by atoms with Gasteiger partial charge in [0.1, 0.15) is 17.7 Å². The van der Waals surface area contributed by atoms with Gasteiger partial charge in [-0.2, -0.15) is 0 Å². The maximum Gasteiger partial charge on any atom is 0.408 e. The molecule has 2 aliphatic rings. The van der Waals surface area contributed by atoms with Crippen LogP contribution in [-0.2, 0) is 19.1 Å². The maximum absolute atomic E-state index is 12.7. The Morgan fingerprint density at radius 2 is 1.92 bits per heavy atom. The molecule has 0 bridgehead atoms. The Labute approximate surface area is 147 Å². The number of likely N-dealkylation sites (tertiary alicyclic amines) is 1. The predicted molar refractivity (Wildman–Crippen MR) is 89.0 cm³/mol. The summed E-state index contributed by atoms with van der Waals surface area (Å²) in [6.45, 7) is 10.7. The molecule has 0 spiro atoms. The van der Waals surface area contributed by atoms with E-state index in [0.717, 1.165) is 0 Å². The van der Waals surface area contributed by atoms with Gasteiger partial charge in [-0.15, -0.1) is 0 Å². The number of carbonyl (C=O) groups excluding carboxylic acids is 2. The number of nitrogens with one attached hydrogen (secondary N) is 1. The van der Waals surface area contributed by atoms with Crippen molar-refractivity contribution in [2.45, 2.75) is 77.4 Å². The second kappa shape index (κ2) is 6.48. The van der Waals surface area contributed by atoms with Crippen molar-refractivity contribution < 1.29 is 29.0 Å². The van der Waals surface area contributed by atoms with Gasteiger partial charge in [0.25, 0.3) is 0 Å². The molecule has 2 amide bonds. The van der Waals surface area contributed by atoms with E-state index in [1.807, 2.05) is 13.8 Å². The highest BCUT2D eigenvalue weighted by molar-refractivity contribution is 5.90. The summed E-state index contributed by atoms with van der Waals surface area (Å²) in [6.07, 6.45) is -0.433. The molecule has 2 aliphatic heterocycles. The first-order chi connectivity index (χ1) is 11.3. The molecule has 0 aromatic carbocycles. The molecule has 0 saturated carbocycles. The van der Waals surface area contributed by atoms with E-state index in [-0.39, 0.29) is 18.6 Å². The monoisotopic (exact) mass is 356 g/mol. The van der Waals surface area contributed by atoms with E-state index in [1.54, 1.807) is 20.8 Å². The average molecular weight is 356 g/mol. The summed E-state index contributed by atoms with van der Waals surface area (Å²) in [5.74, 6) is -1.74. The minimum absolute atomic E-state index is 0.213. The third kappa shape index (κ3) is 4.42. The second-order valence-corrected chi connectivity index (χ2v) is 8.43. The topological polar surface area (TPSA) is 105 Å². The number of carbonyl (C=O) groups is 3. The molecule has 25 heavy (non-hydrogen) atoms. The van der Waals surface area contributed by atoms with E-state index in [2.05, 4.69) is 5.32 Å². The predicted octanol–water partition coefficient (Wildman–Crippen LogP) is 1.38. The first-order valence-corrected chi connectivity index (χ1v) is 8.51. The van der Waals surface area contributed by atoms with Gasteiger partial charge in [0.05, 0.1) is 11.7 Å². The lowest BCUT2D eigenvalue weighted by molar-refractivity contribution is -0.150. The van der Waals surface area contributed by atoms with Gasteiger partial charge in [-0.1, -0.05) is 0 Å². The Hall–Kier alpha value is -1.83. The molecule has 2 saturated heterocycles. The van der Waals surface area contributed by atoms with Crippen molar-refractivity contribution >= 4 is 18.0 Å². The molecule has 0 aromatic rings. The van der Waals surface area contributed by atoms with Crippen molar-refractivity contribution in [3.63, 3.8) is 0 Å². The lowest BCUT2D eigenvalue weighted by atomic mass is 9.90. The summed E-state index contributed by atoms with van der Waals surface area (Å²) in [5, 5.41) is 12.1. The van der Waals surface area contributed by atoms with Gasteiger partial charge in [0, 0.05) is 12.5 Å². The highest BCUT2D eigenvalue weighted by Crippen LogP contribution is 2.42. The number of carboxylic acids is 1. The molecule has 0 radical (unpaired) electrons. The number of carboxylic acid groups (broad SMARTS) is 1. The van der Waals surface area contributed by atoms with Gasteiger partial charge >= 0.3 is 12.1 Å². The molecular weight excluding hydrogens is 328 g/mol. The van der Waals surface area contributed by atoms with Crippen LogP contribution in [0.1, 0.15) is 48.0 Å². The van der Waals surface area contributed by atoms with Gasteiger partial charge in [0.2, 0.25) is 5.91 Å². The number of nitrogens with zero attached hydrogens (tertiary/aromatic N) is 1. The van der Waals surface area contributed by atoms with Crippen LogP contribution >= 0.6 is 0 Å². The molecule has 2 fully saturated rings. The fraction of sp³-hybridized carbons (Fsp3) is 0.824. The summed E-state index contributed by atoms with van der Waals surface area (Å²) in [7, 11) is 0. The molecule has 2 N–H and O–H groups in total. The van der Waals surface area contributed by atoms with Crippen molar-refractivity contribution in [1.82, 2.24) is 10.2 Å². The van der Waals surface area contributed by atoms with Crippen molar-refractivity contribution in [2.24, 2.45) is 5.92 Å². The summed E-state index contributed by atoms with van der Waals surface area (Å²) >= 11 is 0. The van der Waals surface area contributed by atoms with E-state index in [4.69, 9.17) is 9.47 Å². The van der Waals surface area contributed by atoms with E-state index < -0.39 is 41.3 Å². The van der Waals surface area contributed by atoms with Crippen molar-refractivity contribution in [3.8, 4) is 0 Å². The van der Waals surface area contributed by atoms with Crippen LogP contribution in [0.5, 0.6) is 0 Å². The molecule has 4 atom stereocenters. The normalized spacial score (nSPS) is 29.0. The number of aliphatic carboxylic acids is 1. The summed E-state index contributed by atoms with van der Waals surface area (Å²) in [4.78, 5) is 37.6. The lowest BCUT2D eigenvalue weighted by Crippen LogP contribution is -2.52. The van der Waals surface area contributed by atoms with Crippen LogP contribution in [0.2, 0.25) is 0 Å². The third-order valence-electron chi connectivity index (χ3n) is 4.43. The van der Waals surface area contributed by atoms with Gasteiger partial charge in [-0.3, -0.25) is 4.79 Å². The van der Waals surface area contributed by atoms with Gasteiger partial charge in [0.15, 0.2) is 0 Å². The zero-order valence-corrected chi connectivity index (χ0v) is 15.7. The Bertz CT molecular complexity index is 568. The number of amides is 2. The zero-order valence-electron chi connectivity index (χ0n) is 15.7. The molecule has 2 rings (SSSR count). The van der Waals surface area contributed by atoms with Crippen LogP contribution in [0.25, 0.3) is 0 Å². The second-order valence-electron chi connectivity index (χ2n) is 8.43. The van der Waals surface area contributed by atoms with Crippen LogP contribution in [-0.4, -0.2) is 63.9 Å². The smallest absolute Gasteiger partial charge is 0.408 e. The number of rotatable bonds is 3. The molecule has 8 nitrogen and oxygen atoms in total. The van der Waals surface area contributed by atoms with Crippen LogP contribution in [0.3, 0.4) is 0 Å². The average Bonchev–Trinajstić information content (AvgIpc) is 2.86. The standard InChI is InChI=1S/C17H28N2O6/c1-9(18-15(23)25-16(2,3)4)13(20)19-8-11-10(12(19)14(21)22)7-17(5,6)24-11/h9-12H,7-8H2,1-6H3,(H,18,23)(H,21,22)/t9-,10-,11-,12-/m0/s1. The Morgan fingerprint density at radius 1 is 1.32 bits per heavy atom. The molecule has 2 heterocycles. The molecule has 0 unspecified atom stereocenters. The molecule has 0 aliphatic carbocycles. The number of hydrogen-bond acceptors (Lipinski definition) is 5. The van der Waals surface area contributed by atoms with Gasteiger partial charge in [-0.25, -0.2) is 9.59 Å². The number of alkyl carbamates (subject to hydrolysis) is 1. The van der Waals surface area contributed by atoms with Crippen molar-refractivity contribution in [1.29, 1.82) is 0 Å². The van der Waals surface area contributed by atoms with E-state index in [1.165, 1.54) is 11.8 Å². The molecule has 142 valence electrons. The number of fused-ring (bicyclic) bond motifs is 1. The first-order valence-electron chi connectivity index (χ1n) is 8.51. The van der Waals surface area contributed by atoms with Crippen LogP contribution in [0.4, 0.5) is 4.79 Å². The Balaban J connectivity index is 2.06. The van der Waals surface area contributed by atoms with Gasteiger partial charge in [-0.05, 0) is 48.0 Å². The van der Waals surface area contributed by atoms with E-state index in [9.17, 15) is 19.5 Å². The summed E-state index contributed by atoms with van der Waals surface area (Å²) in [6, 6.07) is -1.83. The van der Waals surface area contributed by atoms with E-state index >= 15 is 0 Å². The van der Waals surface area contributed by atoms with Gasteiger partial charge < -0.3 is 24.8 Å². The maximum atomic E-state index is 12.7. The fourth-order valence-electron chi connectivity index (χ4n) is 3.61. The fourth-order valence-corrected chi connectivity index (χ4v) is 3.61. The molecular formula is C17H28N2O6. The zero-order chi connectivity index (χ0) is 19.2. The minimum Gasteiger partial charge on any atom is -0.480 e. The molecule has 0 aromatic heterocycles. The number of hydrogen-bond donors (Lipinski definition) is 2. The summed E-state index contributed by atoms with van der Waals surface area (Å²) in [5.41, 5.74) is -1.07. The quantitative estimate of drug-likeness (QED) is 0.791. The first kappa shape index (κ1) is 19.5. The van der Waals surface area contributed by atoms with Crippen molar-refractivity contribution in [3.05, 3.63) is 0 Å². The van der Waals surface area contributed by atoms with Crippen LogP contribution in [0, 0.1) is 5.92 Å². The Morgan fingerprint density at radius 3 is 2.44 bits per heavy atom. The lowest BCUT2D eigenvalue weighted by Gasteiger charge is -2.29. The minimum atomic E-state index is -1.05. The summed E-state index contributed by atoms with van der Waals surface area (Å²) < 4.78 is 11.0. The van der Waals surface area contributed by atoms with Crippen LogP contribution in [0.15, 0.2) is 0 Å². The van der Waals surface area contributed by atoms with Crippen LogP contribution < -0.4 is 5.32 Å². The SMILES string of the molecule is C[C@H](NC(=O)OC(C)(C)C)C(=O)N1C[C@@H]2OC(C)(C)C[C@@H]2[C@H]1C(=O)O. The third-order valence-corrected chi connectivity index (χ3v) is 4.43.